The molecule has 1 atom stereocenters. The monoisotopic (exact) mass is 263 g/mol. The van der Waals surface area contributed by atoms with Crippen molar-refractivity contribution in [3.8, 4) is 0 Å². The standard InChI is InChI=1S/C14H14ClNS/c15-12-7-4-8-13(9-12)17-14(10-16)11-5-2-1-3-6-11/h1-9,14H,10,16H2. The molecule has 88 valence electrons. The van der Waals surface area contributed by atoms with Crippen LogP contribution in [0.15, 0.2) is 59.5 Å². The van der Waals surface area contributed by atoms with Crippen LogP contribution >= 0.6 is 23.4 Å². The molecule has 0 aromatic heterocycles. The van der Waals surface area contributed by atoms with Gasteiger partial charge >= 0.3 is 0 Å². The lowest BCUT2D eigenvalue weighted by Gasteiger charge is -2.14. The molecule has 0 spiro atoms. The van der Waals surface area contributed by atoms with E-state index in [-0.39, 0.29) is 5.25 Å². The van der Waals surface area contributed by atoms with Crippen LogP contribution in [0.3, 0.4) is 0 Å². The fourth-order valence-electron chi connectivity index (χ4n) is 1.62. The minimum absolute atomic E-state index is 0.273. The number of hydrogen-bond acceptors (Lipinski definition) is 2. The average Bonchev–Trinajstić information content (AvgIpc) is 2.37. The number of hydrogen-bond donors (Lipinski definition) is 1. The Bertz CT molecular complexity index is 473. The number of nitrogens with two attached hydrogens (primary N) is 1. The van der Waals surface area contributed by atoms with Crippen molar-refractivity contribution in [3.63, 3.8) is 0 Å². The van der Waals surface area contributed by atoms with Gasteiger partial charge in [0.05, 0.1) is 0 Å². The van der Waals surface area contributed by atoms with E-state index < -0.39 is 0 Å². The zero-order valence-corrected chi connectivity index (χ0v) is 10.9. The van der Waals surface area contributed by atoms with Gasteiger partial charge < -0.3 is 5.73 Å². The van der Waals surface area contributed by atoms with Gasteiger partial charge in [-0.1, -0.05) is 48.0 Å². The Labute approximate surface area is 111 Å². The Kier molecular flexibility index (Phi) is 4.49. The molecule has 2 N–H and O–H groups in total. The van der Waals surface area contributed by atoms with Gasteiger partial charge in [0.1, 0.15) is 0 Å². The van der Waals surface area contributed by atoms with E-state index in [4.69, 9.17) is 17.3 Å². The zero-order valence-electron chi connectivity index (χ0n) is 9.34. The molecule has 2 aromatic carbocycles. The summed E-state index contributed by atoms with van der Waals surface area (Å²) < 4.78 is 0. The SMILES string of the molecule is NCC(Sc1cccc(Cl)c1)c1ccccc1. The van der Waals surface area contributed by atoms with Crippen LogP contribution in [0.25, 0.3) is 0 Å². The van der Waals surface area contributed by atoms with Gasteiger partial charge in [0.2, 0.25) is 0 Å². The normalized spacial score (nSPS) is 12.4. The second-order valence-electron chi connectivity index (χ2n) is 3.71. The molecule has 0 aliphatic rings. The number of rotatable bonds is 4. The third kappa shape index (κ3) is 3.50. The molecule has 0 aliphatic carbocycles. The summed E-state index contributed by atoms with van der Waals surface area (Å²) in [5, 5.41) is 1.04. The molecule has 0 bridgehead atoms. The van der Waals surface area contributed by atoms with Gasteiger partial charge in [-0.2, -0.15) is 0 Å². The third-order valence-electron chi connectivity index (χ3n) is 2.46. The molecular formula is C14H14ClNS. The fourth-order valence-corrected chi connectivity index (χ4v) is 2.95. The van der Waals surface area contributed by atoms with Gasteiger partial charge in [-0.05, 0) is 23.8 Å². The second kappa shape index (κ2) is 6.10. The molecule has 0 amide bonds. The molecule has 0 radical (unpaired) electrons. The quantitative estimate of drug-likeness (QED) is 0.840. The summed E-state index contributed by atoms with van der Waals surface area (Å²) in [6.07, 6.45) is 0. The largest absolute Gasteiger partial charge is 0.329 e. The maximum Gasteiger partial charge on any atom is 0.0466 e. The van der Waals surface area contributed by atoms with Crippen molar-refractivity contribution in [2.75, 3.05) is 6.54 Å². The highest BCUT2D eigenvalue weighted by atomic mass is 35.5. The van der Waals surface area contributed by atoms with E-state index in [2.05, 4.69) is 18.2 Å². The Morgan fingerprint density at radius 2 is 1.82 bits per heavy atom. The van der Waals surface area contributed by atoms with E-state index in [1.807, 2.05) is 36.4 Å². The van der Waals surface area contributed by atoms with Gasteiger partial charge in [-0.3, -0.25) is 0 Å². The van der Waals surface area contributed by atoms with Crippen LogP contribution in [-0.4, -0.2) is 6.54 Å². The van der Waals surface area contributed by atoms with Gasteiger partial charge in [0, 0.05) is 21.7 Å². The Hall–Kier alpha value is -0.960. The van der Waals surface area contributed by atoms with Gasteiger partial charge in [-0.25, -0.2) is 0 Å². The van der Waals surface area contributed by atoms with Gasteiger partial charge in [-0.15, -0.1) is 11.8 Å². The highest BCUT2D eigenvalue weighted by molar-refractivity contribution is 7.99. The van der Waals surface area contributed by atoms with Crippen LogP contribution in [0, 0.1) is 0 Å². The lowest BCUT2D eigenvalue weighted by Crippen LogP contribution is -2.09. The lowest BCUT2D eigenvalue weighted by atomic mass is 10.1. The van der Waals surface area contributed by atoms with Crippen molar-refractivity contribution in [2.45, 2.75) is 10.1 Å². The predicted octanol–water partition coefficient (Wildman–Crippen LogP) is 4.13. The van der Waals surface area contributed by atoms with Crippen LogP contribution in [0.5, 0.6) is 0 Å². The molecule has 0 aliphatic heterocycles. The molecule has 1 unspecified atom stereocenters. The molecule has 1 nitrogen and oxygen atoms in total. The van der Waals surface area contributed by atoms with Gasteiger partial charge in [0.25, 0.3) is 0 Å². The van der Waals surface area contributed by atoms with Crippen molar-refractivity contribution in [1.82, 2.24) is 0 Å². The summed E-state index contributed by atoms with van der Waals surface area (Å²) >= 11 is 7.72. The topological polar surface area (TPSA) is 26.0 Å². The smallest absolute Gasteiger partial charge is 0.0466 e. The maximum absolute atomic E-state index is 5.97. The Morgan fingerprint density at radius 3 is 2.47 bits per heavy atom. The molecule has 2 aromatic rings. The van der Waals surface area contributed by atoms with Crippen molar-refractivity contribution < 1.29 is 0 Å². The highest BCUT2D eigenvalue weighted by Gasteiger charge is 2.10. The molecule has 3 heteroatoms. The third-order valence-corrected chi connectivity index (χ3v) is 3.97. The first-order valence-electron chi connectivity index (χ1n) is 5.47. The van der Waals surface area contributed by atoms with E-state index in [0.717, 1.165) is 9.92 Å². The summed E-state index contributed by atoms with van der Waals surface area (Å²) in [6.45, 7) is 0.612. The van der Waals surface area contributed by atoms with Gasteiger partial charge in [0.15, 0.2) is 0 Å². The molecule has 0 fully saturated rings. The van der Waals surface area contributed by atoms with Crippen molar-refractivity contribution in [3.05, 3.63) is 65.2 Å². The predicted molar refractivity (Wildman–Crippen MR) is 75.5 cm³/mol. The summed E-state index contributed by atoms with van der Waals surface area (Å²) in [4.78, 5) is 1.15. The van der Waals surface area contributed by atoms with Crippen LogP contribution < -0.4 is 5.73 Å². The Balaban J connectivity index is 2.16. The number of benzene rings is 2. The molecule has 17 heavy (non-hydrogen) atoms. The first kappa shape index (κ1) is 12.5. The lowest BCUT2D eigenvalue weighted by molar-refractivity contribution is 0.941. The maximum atomic E-state index is 5.97. The van der Waals surface area contributed by atoms with Crippen LogP contribution in [0.2, 0.25) is 5.02 Å². The molecular weight excluding hydrogens is 250 g/mol. The molecule has 0 saturated heterocycles. The minimum atomic E-state index is 0.273. The summed E-state index contributed by atoms with van der Waals surface area (Å²) in [7, 11) is 0. The molecule has 2 rings (SSSR count). The summed E-state index contributed by atoms with van der Waals surface area (Å²) in [5.74, 6) is 0. The minimum Gasteiger partial charge on any atom is -0.329 e. The fraction of sp³-hybridized carbons (Fsp3) is 0.143. The Morgan fingerprint density at radius 1 is 1.06 bits per heavy atom. The van der Waals surface area contributed by atoms with E-state index in [1.54, 1.807) is 11.8 Å². The first-order valence-corrected chi connectivity index (χ1v) is 6.72. The summed E-state index contributed by atoms with van der Waals surface area (Å²) in [6, 6.07) is 18.2. The molecule has 0 heterocycles. The van der Waals surface area contributed by atoms with E-state index >= 15 is 0 Å². The van der Waals surface area contributed by atoms with Crippen LogP contribution in [-0.2, 0) is 0 Å². The highest BCUT2D eigenvalue weighted by Crippen LogP contribution is 2.35. The second-order valence-corrected chi connectivity index (χ2v) is 5.42. The van der Waals surface area contributed by atoms with Crippen molar-refractivity contribution in [2.24, 2.45) is 5.73 Å². The average molecular weight is 264 g/mol. The van der Waals surface area contributed by atoms with Crippen LogP contribution in [0.4, 0.5) is 0 Å². The van der Waals surface area contributed by atoms with E-state index in [0.29, 0.717) is 6.54 Å². The molecule has 0 saturated carbocycles. The van der Waals surface area contributed by atoms with Crippen LogP contribution in [0.1, 0.15) is 10.8 Å². The van der Waals surface area contributed by atoms with E-state index in [1.165, 1.54) is 5.56 Å². The van der Waals surface area contributed by atoms with E-state index in [9.17, 15) is 0 Å². The van der Waals surface area contributed by atoms with Crippen molar-refractivity contribution in [1.29, 1.82) is 0 Å². The zero-order chi connectivity index (χ0) is 12.1. The number of halogens is 1. The van der Waals surface area contributed by atoms with Crippen molar-refractivity contribution >= 4 is 23.4 Å². The first-order chi connectivity index (χ1) is 8.29. The summed E-state index contributed by atoms with van der Waals surface area (Å²) in [5.41, 5.74) is 7.09. The number of thioether (sulfide) groups is 1.